The third-order valence-electron chi connectivity index (χ3n) is 2.91. The van der Waals surface area contributed by atoms with E-state index in [1.807, 2.05) is 0 Å². The van der Waals surface area contributed by atoms with Gasteiger partial charge < -0.3 is 9.50 Å². The standard InChI is InChI=1S/C15H13Cl2NO4S/c1-9-3-5-12(8-15(9)18-10(2)19)23(20,21)22-11-4-6-13(16)14(17)7-11/h3-8H,1-2H3,(H,18,19). The summed E-state index contributed by atoms with van der Waals surface area (Å²) in [5, 5.41) is 3.04. The van der Waals surface area contributed by atoms with E-state index in [0.717, 1.165) is 5.56 Å². The van der Waals surface area contributed by atoms with Crippen LogP contribution in [-0.4, -0.2) is 14.3 Å². The maximum absolute atomic E-state index is 12.3. The van der Waals surface area contributed by atoms with Crippen molar-refractivity contribution in [3.63, 3.8) is 0 Å². The molecule has 0 aromatic heterocycles. The molecule has 5 nitrogen and oxygen atoms in total. The predicted molar refractivity (Wildman–Crippen MR) is 89.8 cm³/mol. The minimum absolute atomic E-state index is 0.0426. The average Bonchev–Trinajstić information content (AvgIpc) is 2.44. The first-order chi connectivity index (χ1) is 10.7. The molecular formula is C15H13Cl2NO4S. The molecule has 0 aliphatic heterocycles. The minimum Gasteiger partial charge on any atom is -0.379 e. The second kappa shape index (κ2) is 6.78. The average molecular weight is 374 g/mol. The van der Waals surface area contributed by atoms with E-state index in [0.29, 0.717) is 10.7 Å². The van der Waals surface area contributed by atoms with E-state index in [1.165, 1.54) is 37.3 Å². The molecule has 2 aromatic rings. The quantitative estimate of drug-likeness (QED) is 0.821. The lowest BCUT2D eigenvalue weighted by Crippen LogP contribution is -2.12. The van der Waals surface area contributed by atoms with Crippen molar-refractivity contribution in [2.75, 3.05) is 5.32 Å². The number of rotatable bonds is 4. The van der Waals surface area contributed by atoms with E-state index < -0.39 is 10.1 Å². The maximum Gasteiger partial charge on any atom is 0.339 e. The van der Waals surface area contributed by atoms with Crippen LogP contribution in [0.25, 0.3) is 0 Å². The molecule has 0 fully saturated rings. The predicted octanol–water partition coefficient (Wildman–Crippen LogP) is 4.03. The van der Waals surface area contributed by atoms with Crippen LogP contribution in [0.2, 0.25) is 10.0 Å². The molecule has 0 aliphatic carbocycles. The second-order valence-corrected chi connectivity index (χ2v) is 7.13. The Kier molecular flexibility index (Phi) is 5.19. The summed E-state index contributed by atoms with van der Waals surface area (Å²) in [6, 6.07) is 8.46. The Morgan fingerprint density at radius 2 is 1.78 bits per heavy atom. The molecule has 0 radical (unpaired) electrons. The molecule has 0 heterocycles. The van der Waals surface area contributed by atoms with Crippen molar-refractivity contribution in [1.29, 1.82) is 0 Å². The van der Waals surface area contributed by atoms with Crippen LogP contribution in [0.1, 0.15) is 12.5 Å². The van der Waals surface area contributed by atoms with Gasteiger partial charge in [-0.1, -0.05) is 29.3 Å². The number of halogens is 2. The Morgan fingerprint density at radius 3 is 2.39 bits per heavy atom. The zero-order valence-corrected chi connectivity index (χ0v) is 14.6. The van der Waals surface area contributed by atoms with Crippen molar-refractivity contribution >= 4 is 44.9 Å². The highest BCUT2D eigenvalue weighted by Gasteiger charge is 2.19. The molecule has 0 unspecified atom stereocenters. The summed E-state index contributed by atoms with van der Waals surface area (Å²) in [7, 11) is -4.07. The van der Waals surface area contributed by atoms with E-state index >= 15 is 0 Å². The molecular weight excluding hydrogens is 361 g/mol. The van der Waals surface area contributed by atoms with Crippen LogP contribution in [0.5, 0.6) is 5.75 Å². The fourth-order valence-corrected chi connectivity index (χ4v) is 3.02. The second-order valence-electron chi connectivity index (χ2n) is 4.77. The van der Waals surface area contributed by atoms with Gasteiger partial charge in [-0.25, -0.2) is 0 Å². The monoisotopic (exact) mass is 373 g/mol. The van der Waals surface area contributed by atoms with Crippen molar-refractivity contribution in [1.82, 2.24) is 0 Å². The van der Waals surface area contributed by atoms with Gasteiger partial charge in [0.2, 0.25) is 5.91 Å². The van der Waals surface area contributed by atoms with Gasteiger partial charge in [0.15, 0.2) is 0 Å². The molecule has 1 N–H and O–H groups in total. The van der Waals surface area contributed by atoms with E-state index in [-0.39, 0.29) is 21.6 Å². The third-order valence-corrected chi connectivity index (χ3v) is 4.89. The van der Waals surface area contributed by atoms with Crippen molar-refractivity contribution in [3.8, 4) is 5.75 Å². The number of nitrogens with one attached hydrogen (secondary N) is 1. The summed E-state index contributed by atoms with van der Waals surface area (Å²) in [4.78, 5) is 11.1. The number of benzene rings is 2. The molecule has 1 amide bonds. The molecule has 0 aliphatic rings. The van der Waals surface area contributed by atoms with E-state index in [1.54, 1.807) is 13.0 Å². The van der Waals surface area contributed by atoms with Gasteiger partial charge in [-0.2, -0.15) is 8.42 Å². The number of carbonyl (C=O) groups is 1. The number of hydrogen-bond acceptors (Lipinski definition) is 4. The fourth-order valence-electron chi connectivity index (χ4n) is 1.78. The molecule has 8 heteroatoms. The van der Waals surface area contributed by atoms with Gasteiger partial charge in [0.1, 0.15) is 10.6 Å². The van der Waals surface area contributed by atoms with Gasteiger partial charge in [-0.15, -0.1) is 0 Å². The van der Waals surface area contributed by atoms with E-state index in [4.69, 9.17) is 27.4 Å². The topological polar surface area (TPSA) is 72.5 Å². The largest absolute Gasteiger partial charge is 0.379 e. The lowest BCUT2D eigenvalue weighted by atomic mass is 10.2. The highest BCUT2D eigenvalue weighted by molar-refractivity contribution is 7.87. The van der Waals surface area contributed by atoms with Gasteiger partial charge in [0.25, 0.3) is 0 Å². The SMILES string of the molecule is CC(=O)Nc1cc(S(=O)(=O)Oc2ccc(Cl)c(Cl)c2)ccc1C. The summed E-state index contributed by atoms with van der Waals surface area (Å²) >= 11 is 11.6. The van der Waals surface area contributed by atoms with Crippen LogP contribution in [-0.2, 0) is 14.9 Å². The summed E-state index contributed by atoms with van der Waals surface area (Å²) in [5.74, 6) is -0.255. The first-order valence-electron chi connectivity index (χ1n) is 6.47. The van der Waals surface area contributed by atoms with Gasteiger partial charge in [0, 0.05) is 18.7 Å². The molecule has 0 bridgehead atoms. The Morgan fingerprint density at radius 1 is 1.09 bits per heavy atom. The first-order valence-corrected chi connectivity index (χ1v) is 8.63. The summed E-state index contributed by atoms with van der Waals surface area (Å²) in [6.45, 7) is 3.09. The Balaban J connectivity index is 2.35. The van der Waals surface area contributed by atoms with Crippen molar-refractivity contribution < 1.29 is 17.4 Å². The van der Waals surface area contributed by atoms with Crippen LogP contribution in [0.4, 0.5) is 5.69 Å². The van der Waals surface area contributed by atoms with Crippen LogP contribution in [0, 0.1) is 6.92 Å². The molecule has 0 saturated heterocycles. The van der Waals surface area contributed by atoms with Crippen molar-refractivity contribution in [2.24, 2.45) is 0 Å². The number of hydrogen-bond donors (Lipinski definition) is 1. The van der Waals surface area contributed by atoms with Gasteiger partial charge in [-0.05, 0) is 36.8 Å². The van der Waals surface area contributed by atoms with E-state index in [2.05, 4.69) is 5.32 Å². The Bertz CT molecular complexity index is 866. The first kappa shape index (κ1) is 17.6. The minimum atomic E-state index is -4.07. The zero-order valence-electron chi connectivity index (χ0n) is 12.3. The van der Waals surface area contributed by atoms with Crippen LogP contribution in [0.15, 0.2) is 41.3 Å². The number of carbonyl (C=O) groups excluding carboxylic acids is 1. The smallest absolute Gasteiger partial charge is 0.339 e. The summed E-state index contributed by atoms with van der Waals surface area (Å²) < 4.78 is 29.7. The van der Waals surface area contributed by atoms with Crippen LogP contribution < -0.4 is 9.50 Å². The molecule has 0 saturated carbocycles. The molecule has 0 spiro atoms. The normalized spacial score (nSPS) is 11.1. The zero-order chi connectivity index (χ0) is 17.2. The van der Waals surface area contributed by atoms with Crippen LogP contribution in [0.3, 0.4) is 0 Å². The molecule has 122 valence electrons. The molecule has 2 rings (SSSR count). The Hall–Kier alpha value is -1.76. The van der Waals surface area contributed by atoms with Crippen molar-refractivity contribution in [2.45, 2.75) is 18.7 Å². The lowest BCUT2D eigenvalue weighted by molar-refractivity contribution is -0.114. The fraction of sp³-hybridized carbons (Fsp3) is 0.133. The van der Waals surface area contributed by atoms with Gasteiger partial charge in [0.05, 0.1) is 10.0 Å². The summed E-state index contributed by atoms with van der Waals surface area (Å²) in [6.07, 6.45) is 0. The lowest BCUT2D eigenvalue weighted by Gasteiger charge is -2.11. The van der Waals surface area contributed by atoms with Crippen LogP contribution >= 0.6 is 23.2 Å². The van der Waals surface area contributed by atoms with Crippen molar-refractivity contribution in [3.05, 3.63) is 52.0 Å². The Labute approximate surface area is 144 Å². The number of aryl methyl sites for hydroxylation is 1. The van der Waals surface area contributed by atoms with Gasteiger partial charge in [-0.3, -0.25) is 4.79 Å². The molecule has 23 heavy (non-hydrogen) atoms. The highest BCUT2D eigenvalue weighted by Crippen LogP contribution is 2.29. The maximum atomic E-state index is 12.3. The van der Waals surface area contributed by atoms with Gasteiger partial charge >= 0.3 is 10.1 Å². The third kappa shape index (κ3) is 4.37. The molecule has 0 atom stereocenters. The number of amides is 1. The highest BCUT2D eigenvalue weighted by atomic mass is 35.5. The number of anilines is 1. The summed E-state index contributed by atoms with van der Waals surface area (Å²) in [5.41, 5.74) is 1.13. The molecule has 2 aromatic carbocycles. The van der Waals surface area contributed by atoms with E-state index in [9.17, 15) is 13.2 Å².